The molecule has 2 N–H and O–H groups in total. The lowest BCUT2D eigenvalue weighted by Gasteiger charge is -2.29. The van der Waals surface area contributed by atoms with E-state index in [9.17, 15) is 0 Å². The highest BCUT2D eigenvalue weighted by atomic mass is 16.5. The molecule has 0 aromatic carbocycles. The zero-order valence-electron chi connectivity index (χ0n) is 9.78. The molecule has 0 aliphatic carbocycles. The molecule has 1 aliphatic heterocycles. The van der Waals surface area contributed by atoms with Crippen LogP contribution in [0.4, 0.5) is 0 Å². The van der Waals surface area contributed by atoms with Crippen molar-refractivity contribution < 1.29 is 4.74 Å². The minimum absolute atomic E-state index is 0.277. The van der Waals surface area contributed by atoms with Crippen molar-refractivity contribution in [3.63, 3.8) is 0 Å². The van der Waals surface area contributed by atoms with Crippen molar-refractivity contribution in [3.05, 3.63) is 11.9 Å². The second kappa shape index (κ2) is 5.96. The van der Waals surface area contributed by atoms with Gasteiger partial charge in [-0.15, -0.1) is 0 Å². The minimum atomic E-state index is 0.277. The fourth-order valence-electron chi connectivity index (χ4n) is 2.20. The average molecular weight is 224 g/mol. The summed E-state index contributed by atoms with van der Waals surface area (Å²) >= 11 is 0. The minimum Gasteiger partial charge on any atom is -0.381 e. The smallest absolute Gasteiger partial charge is 0.0997 e. The third kappa shape index (κ3) is 2.80. The van der Waals surface area contributed by atoms with E-state index in [1.807, 2.05) is 6.20 Å². The predicted molar refractivity (Wildman–Crippen MR) is 61.0 cm³/mol. The summed E-state index contributed by atoms with van der Waals surface area (Å²) < 4.78 is 5.54. The van der Waals surface area contributed by atoms with Crippen LogP contribution in [0.5, 0.6) is 0 Å². The Morgan fingerprint density at radius 3 is 3.25 bits per heavy atom. The van der Waals surface area contributed by atoms with Crippen molar-refractivity contribution >= 4 is 0 Å². The SMILES string of the molecule is CCCNC(c1cn[nH]n1)C1CCCOC1. The van der Waals surface area contributed by atoms with Crippen LogP contribution in [0.2, 0.25) is 0 Å². The molecular weight excluding hydrogens is 204 g/mol. The number of hydrogen-bond donors (Lipinski definition) is 2. The normalized spacial score (nSPS) is 23.2. The average Bonchev–Trinajstić information content (AvgIpc) is 2.85. The highest BCUT2D eigenvalue weighted by molar-refractivity contribution is 5.02. The Hall–Kier alpha value is -0.940. The van der Waals surface area contributed by atoms with Crippen molar-refractivity contribution in [2.24, 2.45) is 5.92 Å². The van der Waals surface area contributed by atoms with Gasteiger partial charge in [0.25, 0.3) is 0 Å². The third-order valence-electron chi connectivity index (χ3n) is 3.03. The maximum Gasteiger partial charge on any atom is 0.0997 e. The zero-order valence-corrected chi connectivity index (χ0v) is 9.78. The van der Waals surface area contributed by atoms with Crippen LogP contribution < -0.4 is 5.32 Å². The Morgan fingerprint density at radius 1 is 1.69 bits per heavy atom. The van der Waals surface area contributed by atoms with Gasteiger partial charge in [-0.1, -0.05) is 6.92 Å². The number of H-pyrrole nitrogens is 1. The number of ether oxygens (including phenoxy) is 1. The zero-order chi connectivity index (χ0) is 11.2. The van der Waals surface area contributed by atoms with Gasteiger partial charge in [0.2, 0.25) is 0 Å². The summed E-state index contributed by atoms with van der Waals surface area (Å²) in [5.74, 6) is 0.519. The van der Waals surface area contributed by atoms with Crippen LogP contribution in [0, 0.1) is 5.92 Å². The van der Waals surface area contributed by atoms with E-state index in [1.165, 1.54) is 6.42 Å². The van der Waals surface area contributed by atoms with E-state index in [1.54, 1.807) is 0 Å². The Balaban J connectivity index is 2.01. The molecule has 0 amide bonds. The summed E-state index contributed by atoms with van der Waals surface area (Å²) in [4.78, 5) is 0. The number of aromatic nitrogens is 3. The first-order valence-corrected chi connectivity index (χ1v) is 6.08. The number of aromatic amines is 1. The second-order valence-corrected chi connectivity index (χ2v) is 4.30. The van der Waals surface area contributed by atoms with Crippen LogP contribution in [0.3, 0.4) is 0 Å². The number of hydrogen-bond acceptors (Lipinski definition) is 4. The Kier molecular flexibility index (Phi) is 4.30. The second-order valence-electron chi connectivity index (χ2n) is 4.30. The van der Waals surface area contributed by atoms with Gasteiger partial charge >= 0.3 is 0 Å². The summed E-state index contributed by atoms with van der Waals surface area (Å²) in [6.45, 7) is 4.91. The molecule has 1 aromatic rings. The van der Waals surface area contributed by atoms with Gasteiger partial charge in [0.05, 0.1) is 24.5 Å². The molecule has 2 unspecified atom stereocenters. The van der Waals surface area contributed by atoms with Gasteiger partial charge in [0.1, 0.15) is 0 Å². The Morgan fingerprint density at radius 2 is 2.62 bits per heavy atom. The maximum absolute atomic E-state index is 5.54. The van der Waals surface area contributed by atoms with Crippen LogP contribution in [-0.2, 0) is 4.74 Å². The molecule has 16 heavy (non-hydrogen) atoms. The summed E-state index contributed by atoms with van der Waals surface area (Å²) in [7, 11) is 0. The van der Waals surface area contributed by atoms with E-state index in [-0.39, 0.29) is 6.04 Å². The van der Waals surface area contributed by atoms with Gasteiger partial charge < -0.3 is 10.1 Å². The van der Waals surface area contributed by atoms with Gasteiger partial charge in [-0.2, -0.15) is 15.4 Å². The molecule has 2 atom stereocenters. The van der Waals surface area contributed by atoms with Gasteiger partial charge in [0.15, 0.2) is 0 Å². The highest BCUT2D eigenvalue weighted by Crippen LogP contribution is 2.27. The lowest BCUT2D eigenvalue weighted by Crippen LogP contribution is -2.34. The summed E-state index contributed by atoms with van der Waals surface area (Å²) in [6.07, 6.45) is 5.28. The number of rotatable bonds is 5. The lowest BCUT2D eigenvalue weighted by atomic mass is 9.92. The molecule has 1 aromatic heterocycles. The molecule has 0 radical (unpaired) electrons. The van der Waals surface area contributed by atoms with E-state index >= 15 is 0 Å². The van der Waals surface area contributed by atoms with Crippen molar-refractivity contribution in [2.45, 2.75) is 32.2 Å². The standard InChI is InChI=1S/C11H20N4O/c1-2-5-12-11(10-7-13-15-14-10)9-4-3-6-16-8-9/h7,9,11-12H,2-6,8H2,1H3,(H,13,14,15). The monoisotopic (exact) mass is 224 g/mol. The molecule has 2 heterocycles. The van der Waals surface area contributed by atoms with Gasteiger partial charge in [0, 0.05) is 12.5 Å². The third-order valence-corrected chi connectivity index (χ3v) is 3.03. The fourth-order valence-corrected chi connectivity index (χ4v) is 2.20. The number of nitrogens with one attached hydrogen (secondary N) is 2. The molecule has 90 valence electrons. The van der Waals surface area contributed by atoms with E-state index in [4.69, 9.17) is 4.74 Å². The summed E-state index contributed by atoms with van der Waals surface area (Å²) in [5.41, 5.74) is 1.00. The number of nitrogens with zero attached hydrogens (tertiary/aromatic N) is 2. The van der Waals surface area contributed by atoms with E-state index in [0.717, 1.165) is 38.3 Å². The first-order valence-electron chi connectivity index (χ1n) is 6.08. The first kappa shape index (κ1) is 11.5. The van der Waals surface area contributed by atoms with Crippen LogP contribution in [-0.4, -0.2) is 35.2 Å². The van der Waals surface area contributed by atoms with E-state index in [0.29, 0.717) is 5.92 Å². The Labute approximate surface area is 96.0 Å². The molecule has 1 saturated heterocycles. The van der Waals surface area contributed by atoms with Crippen LogP contribution in [0.15, 0.2) is 6.20 Å². The van der Waals surface area contributed by atoms with E-state index in [2.05, 4.69) is 27.7 Å². The van der Waals surface area contributed by atoms with Crippen molar-refractivity contribution in [2.75, 3.05) is 19.8 Å². The Bertz CT molecular complexity index is 282. The molecule has 0 saturated carbocycles. The fraction of sp³-hybridized carbons (Fsp3) is 0.818. The molecule has 1 fully saturated rings. The van der Waals surface area contributed by atoms with Gasteiger partial charge in [-0.3, -0.25) is 0 Å². The molecular formula is C11H20N4O. The van der Waals surface area contributed by atoms with Crippen LogP contribution in [0.1, 0.15) is 37.9 Å². The van der Waals surface area contributed by atoms with Crippen molar-refractivity contribution in [1.29, 1.82) is 0 Å². The van der Waals surface area contributed by atoms with Crippen molar-refractivity contribution in [3.8, 4) is 0 Å². The summed E-state index contributed by atoms with van der Waals surface area (Å²) in [6, 6.07) is 0.277. The lowest BCUT2D eigenvalue weighted by molar-refractivity contribution is 0.0384. The molecule has 2 rings (SSSR count). The van der Waals surface area contributed by atoms with Crippen molar-refractivity contribution in [1.82, 2.24) is 20.7 Å². The first-order chi connectivity index (χ1) is 7.92. The van der Waals surface area contributed by atoms with E-state index < -0.39 is 0 Å². The predicted octanol–water partition coefficient (Wildman–Crippen LogP) is 1.27. The van der Waals surface area contributed by atoms with Crippen LogP contribution in [0.25, 0.3) is 0 Å². The highest BCUT2D eigenvalue weighted by Gasteiger charge is 2.26. The van der Waals surface area contributed by atoms with Gasteiger partial charge in [-0.05, 0) is 25.8 Å². The largest absolute Gasteiger partial charge is 0.381 e. The van der Waals surface area contributed by atoms with Crippen LogP contribution >= 0.6 is 0 Å². The molecule has 5 nitrogen and oxygen atoms in total. The quantitative estimate of drug-likeness (QED) is 0.790. The molecule has 0 bridgehead atoms. The molecule has 0 spiro atoms. The topological polar surface area (TPSA) is 62.8 Å². The van der Waals surface area contributed by atoms with Gasteiger partial charge in [-0.25, -0.2) is 0 Å². The summed E-state index contributed by atoms with van der Waals surface area (Å²) in [5, 5.41) is 14.3. The molecule has 5 heteroatoms. The molecule has 1 aliphatic rings. The maximum atomic E-state index is 5.54.